The monoisotopic (exact) mass is 398 g/mol. The second-order valence-electron chi connectivity index (χ2n) is 6.77. The van der Waals surface area contributed by atoms with Crippen molar-refractivity contribution in [2.45, 2.75) is 27.3 Å². The Morgan fingerprint density at radius 1 is 1.25 bits per heavy atom. The Labute approximate surface area is 168 Å². The molecule has 0 fully saturated rings. The van der Waals surface area contributed by atoms with Gasteiger partial charge >= 0.3 is 0 Å². The van der Waals surface area contributed by atoms with Gasteiger partial charge in [0.25, 0.3) is 5.56 Å². The number of aromatic nitrogens is 2. The van der Waals surface area contributed by atoms with Crippen LogP contribution in [0.4, 0.5) is 5.69 Å². The molecule has 146 valence electrons. The number of aryl methyl sites for hydroxylation is 1. The van der Waals surface area contributed by atoms with Gasteiger partial charge in [0.05, 0.1) is 24.0 Å². The molecule has 2 aromatic carbocycles. The third-order valence-electron chi connectivity index (χ3n) is 4.78. The first-order valence-electron chi connectivity index (χ1n) is 9.14. The predicted octanol–water partition coefficient (Wildman–Crippen LogP) is 3.65. The lowest BCUT2D eigenvalue weighted by atomic mass is 10.1. The van der Waals surface area contributed by atoms with Crippen molar-refractivity contribution in [1.29, 1.82) is 0 Å². The van der Waals surface area contributed by atoms with Gasteiger partial charge in [0.2, 0.25) is 5.91 Å². The molecule has 0 spiro atoms. The Kier molecular flexibility index (Phi) is 6.11. The van der Waals surface area contributed by atoms with Crippen molar-refractivity contribution in [3.05, 3.63) is 68.7 Å². The summed E-state index contributed by atoms with van der Waals surface area (Å²) in [5, 5.41) is 3.97. The maximum absolute atomic E-state index is 12.5. The number of fused-ring (bicyclic) bond motifs is 1. The third kappa shape index (κ3) is 4.58. The minimum atomic E-state index is -0.215. The molecule has 3 aromatic rings. The highest BCUT2D eigenvalue weighted by molar-refractivity contribution is 6.31. The minimum absolute atomic E-state index is 0.110. The highest BCUT2D eigenvalue weighted by Crippen LogP contribution is 2.18. The number of amides is 1. The number of rotatable bonds is 6. The van der Waals surface area contributed by atoms with Crippen molar-refractivity contribution in [3.63, 3.8) is 0 Å². The molecule has 3 rings (SSSR count). The highest BCUT2D eigenvalue weighted by atomic mass is 35.5. The number of likely N-dealkylation sites (N-methyl/N-ethyl adjacent to an activating group) is 1. The largest absolute Gasteiger partial charge is 0.325 e. The lowest BCUT2D eigenvalue weighted by Crippen LogP contribution is -2.34. The predicted molar refractivity (Wildman–Crippen MR) is 113 cm³/mol. The molecule has 0 aliphatic rings. The van der Waals surface area contributed by atoms with E-state index in [2.05, 4.69) is 15.3 Å². The van der Waals surface area contributed by atoms with E-state index in [4.69, 9.17) is 11.6 Å². The van der Waals surface area contributed by atoms with Gasteiger partial charge in [-0.05, 0) is 55.8 Å². The first-order valence-corrected chi connectivity index (χ1v) is 9.52. The van der Waals surface area contributed by atoms with Crippen LogP contribution in [0.1, 0.15) is 23.9 Å². The number of hydrogen-bond donors (Lipinski definition) is 2. The van der Waals surface area contributed by atoms with Gasteiger partial charge in [-0.25, -0.2) is 4.98 Å². The van der Waals surface area contributed by atoms with Crippen LogP contribution in [0, 0.1) is 13.8 Å². The number of nitrogens with zero attached hydrogens (tertiary/aromatic N) is 2. The summed E-state index contributed by atoms with van der Waals surface area (Å²) in [7, 11) is 0. The molecule has 0 atom stereocenters. The van der Waals surface area contributed by atoms with E-state index in [1.165, 1.54) is 0 Å². The standard InChI is InChI=1S/C21H23ClN4O2/c1-4-26(12-20(27)24-17-7-5-6-13(2)14(17)3)11-19-23-18-10-15(22)8-9-16(18)21(28)25-19/h5-10H,4,11-12H2,1-3H3,(H,24,27)(H,23,25,28). The topological polar surface area (TPSA) is 78.1 Å². The van der Waals surface area contributed by atoms with Crippen LogP contribution in [0.3, 0.4) is 0 Å². The summed E-state index contributed by atoms with van der Waals surface area (Å²) in [6.45, 7) is 7.14. The van der Waals surface area contributed by atoms with Crippen LogP contribution in [0.15, 0.2) is 41.2 Å². The van der Waals surface area contributed by atoms with E-state index in [1.54, 1.807) is 18.2 Å². The third-order valence-corrected chi connectivity index (χ3v) is 5.02. The van der Waals surface area contributed by atoms with Crippen LogP contribution in [0.5, 0.6) is 0 Å². The Morgan fingerprint density at radius 2 is 2.04 bits per heavy atom. The molecule has 2 N–H and O–H groups in total. The molecule has 1 aromatic heterocycles. The molecule has 0 aliphatic carbocycles. The van der Waals surface area contributed by atoms with Crippen LogP contribution in [0.2, 0.25) is 5.02 Å². The van der Waals surface area contributed by atoms with E-state index in [0.29, 0.717) is 34.8 Å². The van der Waals surface area contributed by atoms with Crippen molar-refractivity contribution in [1.82, 2.24) is 14.9 Å². The second kappa shape index (κ2) is 8.54. The van der Waals surface area contributed by atoms with Gasteiger partial charge in [-0.2, -0.15) is 0 Å². The fourth-order valence-corrected chi connectivity index (χ4v) is 3.17. The van der Waals surface area contributed by atoms with Crippen LogP contribution >= 0.6 is 11.6 Å². The minimum Gasteiger partial charge on any atom is -0.325 e. The van der Waals surface area contributed by atoms with E-state index in [0.717, 1.165) is 16.8 Å². The summed E-state index contributed by atoms with van der Waals surface area (Å²) in [6.07, 6.45) is 0. The average molecular weight is 399 g/mol. The summed E-state index contributed by atoms with van der Waals surface area (Å²) in [5.74, 6) is 0.392. The summed E-state index contributed by atoms with van der Waals surface area (Å²) in [6, 6.07) is 10.8. The molecule has 1 heterocycles. The number of H-pyrrole nitrogens is 1. The SMILES string of the molecule is CCN(CC(=O)Nc1cccc(C)c1C)Cc1nc2cc(Cl)ccc2c(=O)[nH]1. The maximum atomic E-state index is 12.5. The van der Waals surface area contributed by atoms with Crippen molar-refractivity contribution in [3.8, 4) is 0 Å². The summed E-state index contributed by atoms with van der Waals surface area (Å²) in [5.41, 5.74) is 3.32. The molecule has 6 nitrogen and oxygen atoms in total. The van der Waals surface area contributed by atoms with Gasteiger partial charge in [0.15, 0.2) is 0 Å². The number of carbonyl (C=O) groups excluding carboxylic acids is 1. The van der Waals surface area contributed by atoms with Gasteiger partial charge in [-0.1, -0.05) is 30.7 Å². The van der Waals surface area contributed by atoms with Gasteiger partial charge < -0.3 is 10.3 Å². The quantitative estimate of drug-likeness (QED) is 0.664. The summed E-state index contributed by atoms with van der Waals surface area (Å²) >= 11 is 6.01. The molecule has 0 aliphatic heterocycles. The van der Waals surface area contributed by atoms with Crippen LogP contribution < -0.4 is 10.9 Å². The van der Waals surface area contributed by atoms with Crippen molar-refractivity contribution < 1.29 is 4.79 Å². The molecular formula is C21H23ClN4O2. The fourth-order valence-electron chi connectivity index (χ4n) is 3.01. The first kappa shape index (κ1) is 20.0. The van der Waals surface area contributed by atoms with E-state index in [-0.39, 0.29) is 18.0 Å². The average Bonchev–Trinajstić information content (AvgIpc) is 2.64. The summed E-state index contributed by atoms with van der Waals surface area (Å²) in [4.78, 5) is 34.0. The van der Waals surface area contributed by atoms with Crippen molar-refractivity contribution in [2.24, 2.45) is 0 Å². The van der Waals surface area contributed by atoms with Crippen molar-refractivity contribution in [2.75, 3.05) is 18.4 Å². The Balaban J connectivity index is 1.73. The second-order valence-corrected chi connectivity index (χ2v) is 7.21. The van der Waals surface area contributed by atoms with E-state index in [9.17, 15) is 9.59 Å². The molecule has 0 saturated heterocycles. The molecule has 0 bridgehead atoms. The molecule has 0 radical (unpaired) electrons. The van der Waals surface area contributed by atoms with E-state index < -0.39 is 0 Å². The number of halogens is 1. The van der Waals surface area contributed by atoms with Crippen molar-refractivity contribution >= 4 is 34.1 Å². The molecule has 0 unspecified atom stereocenters. The number of benzene rings is 2. The molecule has 1 amide bonds. The van der Waals surface area contributed by atoms with E-state index in [1.807, 2.05) is 43.9 Å². The summed E-state index contributed by atoms with van der Waals surface area (Å²) < 4.78 is 0. The Bertz CT molecular complexity index is 1080. The van der Waals surface area contributed by atoms with Crippen LogP contribution in [-0.2, 0) is 11.3 Å². The lowest BCUT2D eigenvalue weighted by molar-refractivity contribution is -0.117. The fraction of sp³-hybridized carbons (Fsp3) is 0.286. The number of aromatic amines is 1. The maximum Gasteiger partial charge on any atom is 0.258 e. The molecule has 28 heavy (non-hydrogen) atoms. The number of anilines is 1. The smallest absolute Gasteiger partial charge is 0.258 e. The van der Waals surface area contributed by atoms with Gasteiger partial charge in [0, 0.05) is 10.7 Å². The van der Waals surface area contributed by atoms with Crippen LogP contribution in [-0.4, -0.2) is 33.9 Å². The Morgan fingerprint density at radius 3 is 2.79 bits per heavy atom. The zero-order chi connectivity index (χ0) is 20.3. The molecule has 7 heteroatoms. The Hall–Kier alpha value is -2.70. The number of hydrogen-bond acceptors (Lipinski definition) is 4. The zero-order valence-corrected chi connectivity index (χ0v) is 16.9. The van der Waals surface area contributed by atoms with Crippen LogP contribution in [0.25, 0.3) is 10.9 Å². The van der Waals surface area contributed by atoms with Gasteiger partial charge in [0.1, 0.15) is 5.82 Å². The van der Waals surface area contributed by atoms with Gasteiger partial charge in [-0.15, -0.1) is 0 Å². The molecular weight excluding hydrogens is 376 g/mol. The molecule has 0 saturated carbocycles. The zero-order valence-electron chi connectivity index (χ0n) is 16.2. The van der Waals surface area contributed by atoms with E-state index >= 15 is 0 Å². The first-order chi connectivity index (χ1) is 13.4. The highest BCUT2D eigenvalue weighted by Gasteiger charge is 2.13. The number of nitrogens with one attached hydrogen (secondary N) is 2. The normalized spacial score (nSPS) is 11.2. The van der Waals surface area contributed by atoms with Gasteiger partial charge in [-0.3, -0.25) is 14.5 Å². The number of carbonyl (C=O) groups is 1. The lowest BCUT2D eigenvalue weighted by Gasteiger charge is -2.20.